The summed E-state index contributed by atoms with van der Waals surface area (Å²) in [5.41, 5.74) is 0. The first kappa shape index (κ1) is 17.7. The monoisotopic (exact) mass is 272 g/mol. The molecule has 0 aromatic carbocycles. The van der Waals surface area contributed by atoms with Crippen LogP contribution in [0.15, 0.2) is 0 Å². The first-order valence-electron chi connectivity index (χ1n) is 7.06. The number of carbonyl (C=O) groups excluding carboxylic acids is 1. The van der Waals surface area contributed by atoms with Gasteiger partial charge in [-0.2, -0.15) is 0 Å². The van der Waals surface area contributed by atoms with Crippen molar-refractivity contribution in [3.8, 4) is 0 Å². The molecule has 0 aromatic heterocycles. The van der Waals surface area contributed by atoms with Gasteiger partial charge in [-0.25, -0.2) is 4.79 Å². The molecule has 5 heteroatoms. The Morgan fingerprint density at radius 2 is 1.68 bits per heavy atom. The van der Waals surface area contributed by atoms with Crippen LogP contribution in [-0.2, 0) is 4.79 Å². The fourth-order valence-corrected chi connectivity index (χ4v) is 1.85. The Labute approximate surface area is 116 Å². The summed E-state index contributed by atoms with van der Waals surface area (Å²) in [5, 5.41) is 14.3. The highest BCUT2D eigenvalue weighted by atomic mass is 16.4. The van der Waals surface area contributed by atoms with E-state index in [1.807, 2.05) is 13.8 Å². The van der Waals surface area contributed by atoms with Gasteiger partial charge in [-0.3, -0.25) is 4.79 Å². The van der Waals surface area contributed by atoms with E-state index in [-0.39, 0.29) is 12.5 Å². The van der Waals surface area contributed by atoms with Crippen LogP contribution in [0.2, 0.25) is 0 Å². The SMILES string of the molecule is CC(C)CNC(=O)NCCC(CCC(=O)O)C(C)C. The molecule has 0 saturated carbocycles. The lowest BCUT2D eigenvalue weighted by atomic mass is 9.88. The molecule has 5 nitrogen and oxygen atoms in total. The molecule has 19 heavy (non-hydrogen) atoms. The number of carboxylic acids is 1. The third kappa shape index (κ3) is 10.4. The van der Waals surface area contributed by atoms with Gasteiger partial charge in [0.1, 0.15) is 0 Å². The van der Waals surface area contributed by atoms with Gasteiger partial charge in [-0.15, -0.1) is 0 Å². The van der Waals surface area contributed by atoms with E-state index >= 15 is 0 Å². The predicted molar refractivity (Wildman–Crippen MR) is 76.1 cm³/mol. The summed E-state index contributed by atoms with van der Waals surface area (Å²) in [6.45, 7) is 9.52. The number of nitrogens with one attached hydrogen (secondary N) is 2. The molecule has 0 bridgehead atoms. The van der Waals surface area contributed by atoms with Gasteiger partial charge in [-0.1, -0.05) is 27.7 Å². The third-order valence-corrected chi connectivity index (χ3v) is 3.14. The Morgan fingerprint density at radius 3 is 2.16 bits per heavy atom. The Bertz CT molecular complexity index is 278. The normalized spacial score (nSPS) is 12.5. The average Bonchev–Trinajstić information content (AvgIpc) is 2.30. The van der Waals surface area contributed by atoms with Gasteiger partial charge in [0.25, 0.3) is 0 Å². The summed E-state index contributed by atoms with van der Waals surface area (Å²) >= 11 is 0. The molecule has 0 aliphatic rings. The summed E-state index contributed by atoms with van der Waals surface area (Å²) in [6, 6.07) is -0.144. The third-order valence-electron chi connectivity index (χ3n) is 3.14. The van der Waals surface area contributed by atoms with Gasteiger partial charge in [0.15, 0.2) is 0 Å². The highest BCUT2D eigenvalue weighted by Gasteiger charge is 2.15. The topological polar surface area (TPSA) is 78.4 Å². The van der Waals surface area contributed by atoms with Gasteiger partial charge in [0, 0.05) is 19.5 Å². The molecule has 0 heterocycles. The highest BCUT2D eigenvalue weighted by molar-refractivity contribution is 5.73. The molecule has 0 saturated heterocycles. The second kappa shape index (κ2) is 9.64. The van der Waals surface area contributed by atoms with E-state index in [2.05, 4.69) is 24.5 Å². The van der Waals surface area contributed by atoms with Crippen LogP contribution in [0.5, 0.6) is 0 Å². The van der Waals surface area contributed by atoms with Crippen molar-refractivity contribution in [2.24, 2.45) is 17.8 Å². The Morgan fingerprint density at radius 1 is 1.05 bits per heavy atom. The Balaban J connectivity index is 3.86. The van der Waals surface area contributed by atoms with E-state index in [0.717, 1.165) is 6.42 Å². The zero-order valence-corrected chi connectivity index (χ0v) is 12.5. The maximum atomic E-state index is 11.4. The second-order valence-corrected chi connectivity index (χ2v) is 5.76. The van der Waals surface area contributed by atoms with Gasteiger partial charge in [0.2, 0.25) is 0 Å². The van der Waals surface area contributed by atoms with Crippen molar-refractivity contribution in [1.82, 2.24) is 10.6 Å². The van der Waals surface area contributed by atoms with Gasteiger partial charge < -0.3 is 15.7 Å². The van der Waals surface area contributed by atoms with Crippen molar-refractivity contribution < 1.29 is 14.7 Å². The summed E-state index contributed by atoms with van der Waals surface area (Å²) in [4.78, 5) is 22.0. The van der Waals surface area contributed by atoms with Crippen LogP contribution in [0.25, 0.3) is 0 Å². The largest absolute Gasteiger partial charge is 0.481 e. The molecule has 1 unspecified atom stereocenters. The zero-order chi connectivity index (χ0) is 14.8. The smallest absolute Gasteiger partial charge is 0.314 e. The van der Waals surface area contributed by atoms with Crippen LogP contribution >= 0.6 is 0 Å². The maximum absolute atomic E-state index is 11.4. The van der Waals surface area contributed by atoms with Crippen LogP contribution in [-0.4, -0.2) is 30.2 Å². The van der Waals surface area contributed by atoms with Crippen molar-refractivity contribution in [3.63, 3.8) is 0 Å². The molecule has 1 atom stereocenters. The lowest BCUT2D eigenvalue weighted by molar-refractivity contribution is -0.137. The molecule has 0 aliphatic heterocycles. The molecule has 0 rings (SSSR count). The van der Waals surface area contributed by atoms with Crippen molar-refractivity contribution >= 4 is 12.0 Å². The zero-order valence-electron chi connectivity index (χ0n) is 12.5. The van der Waals surface area contributed by atoms with Gasteiger partial charge in [-0.05, 0) is 30.6 Å². The lowest BCUT2D eigenvalue weighted by Crippen LogP contribution is -2.38. The summed E-state index contributed by atoms with van der Waals surface area (Å²) in [6.07, 6.45) is 1.69. The molecule has 0 aromatic rings. The number of hydrogen-bond acceptors (Lipinski definition) is 2. The molecule has 3 N–H and O–H groups in total. The van der Waals surface area contributed by atoms with E-state index in [1.54, 1.807) is 0 Å². The fourth-order valence-electron chi connectivity index (χ4n) is 1.85. The van der Waals surface area contributed by atoms with E-state index in [4.69, 9.17) is 5.11 Å². The average molecular weight is 272 g/mol. The highest BCUT2D eigenvalue weighted by Crippen LogP contribution is 2.20. The summed E-state index contributed by atoms with van der Waals surface area (Å²) in [7, 11) is 0. The standard InChI is InChI=1S/C14H28N2O3/c1-10(2)9-16-14(19)15-8-7-12(11(3)4)5-6-13(17)18/h10-12H,5-9H2,1-4H3,(H,17,18)(H2,15,16,19). The maximum Gasteiger partial charge on any atom is 0.314 e. The second-order valence-electron chi connectivity index (χ2n) is 5.76. The first-order valence-corrected chi connectivity index (χ1v) is 7.06. The minimum atomic E-state index is -0.756. The van der Waals surface area contributed by atoms with Crippen LogP contribution in [0.4, 0.5) is 4.79 Å². The number of aliphatic carboxylic acids is 1. The molecule has 2 amide bonds. The van der Waals surface area contributed by atoms with Crippen LogP contribution in [0.1, 0.15) is 47.0 Å². The van der Waals surface area contributed by atoms with E-state index in [0.29, 0.717) is 37.3 Å². The Hall–Kier alpha value is -1.26. The van der Waals surface area contributed by atoms with Crippen molar-refractivity contribution in [2.45, 2.75) is 47.0 Å². The Kier molecular flexibility index (Phi) is 9.00. The molecular weight excluding hydrogens is 244 g/mol. The number of carboxylic acid groups (broad SMARTS) is 1. The molecule has 0 aliphatic carbocycles. The number of hydrogen-bond donors (Lipinski definition) is 3. The van der Waals surface area contributed by atoms with Crippen molar-refractivity contribution in [3.05, 3.63) is 0 Å². The molecule has 0 fully saturated rings. The lowest BCUT2D eigenvalue weighted by Gasteiger charge is -2.20. The van der Waals surface area contributed by atoms with E-state index < -0.39 is 5.97 Å². The summed E-state index contributed by atoms with van der Waals surface area (Å²) in [5.74, 6) is 0.444. The number of urea groups is 1. The number of amides is 2. The quantitative estimate of drug-likeness (QED) is 0.603. The van der Waals surface area contributed by atoms with Crippen molar-refractivity contribution in [1.29, 1.82) is 0 Å². The first-order chi connectivity index (χ1) is 8.82. The number of rotatable bonds is 9. The van der Waals surface area contributed by atoms with E-state index in [1.165, 1.54) is 0 Å². The van der Waals surface area contributed by atoms with Crippen LogP contribution in [0.3, 0.4) is 0 Å². The van der Waals surface area contributed by atoms with Gasteiger partial charge >= 0.3 is 12.0 Å². The molecule has 112 valence electrons. The van der Waals surface area contributed by atoms with Crippen LogP contribution in [0, 0.1) is 17.8 Å². The van der Waals surface area contributed by atoms with Crippen molar-refractivity contribution in [2.75, 3.05) is 13.1 Å². The van der Waals surface area contributed by atoms with Gasteiger partial charge in [0.05, 0.1) is 0 Å². The molecule has 0 spiro atoms. The van der Waals surface area contributed by atoms with Crippen LogP contribution < -0.4 is 10.6 Å². The fraction of sp³-hybridized carbons (Fsp3) is 0.857. The predicted octanol–water partition coefficient (Wildman–Crippen LogP) is 2.47. The number of carbonyl (C=O) groups is 2. The summed E-state index contributed by atoms with van der Waals surface area (Å²) < 4.78 is 0. The molecule has 0 radical (unpaired) electrons. The minimum Gasteiger partial charge on any atom is -0.481 e. The molecular formula is C14H28N2O3. The minimum absolute atomic E-state index is 0.144. The van der Waals surface area contributed by atoms with E-state index in [9.17, 15) is 9.59 Å².